The molecule has 0 aliphatic rings. The third-order valence-electron chi connectivity index (χ3n) is 4.65. The van der Waals surface area contributed by atoms with Crippen LogP contribution in [0.2, 0.25) is 0 Å². The number of likely N-dealkylation sites (N-methyl/N-ethyl adjacent to an activating group) is 1. The number of ether oxygens (including phenoxy) is 1. The van der Waals surface area contributed by atoms with E-state index in [1.165, 1.54) is 25.4 Å². The van der Waals surface area contributed by atoms with Crippen LogP contribution in [0, 0.1) is 6.92 Å². The lowest BCUT2D eigenvalue weighted by Gasteiger charge is -2.17. The van der Waals surface area contributed by atoms with Gasteiger partial charge in [-0.25, -0.2) is 8.42 Å². The predicted molar refractivity (Wildman–Crippen MR) is 114 cm³/mol. The normalized spacial score (nSPS) is 11.5. The van der Waals surface area contributed by atoms with Crippen LogP contribution in [0.4, 0.5) is 0 Å². The van der Waals surface area contributed by atoms with Crippen LogP contribution >= 0.6 is 0 Å². The molecule has 2 amide bonds. The summed E-state index contributed by atoms with van der Waals surface area (Å²) < 4.78 is 36.6. The van der Waals surface area contributed by atoms with Crippen LogP contribution in [0.1, 0.15) is 11.1 Å². The largest absolute Gasteiger partial charge is 0.497 e. The van der Waals surface area contributed by atoms with Crippen molar-refractivity contribution in [3.63, 3.8) is 0 Å². The van der Waals surface area contributed by atoms with Gasteiger partial charge in [0.2, 0.25) is 15.9 Å². The highest BCUT2D eigenvalue weighted by atomic mass is 32.2. The number of benzene rings is 2. The van der Waals surface area contributed by atoms with E-state index in [1.54, 1.807) is 37.4 Å². The van der Waals surface area contributed by atoms with Gasteiger partial charge in [-0.15, -0.1) is 0 Å². The van der Waals surface area contributed by atoms with E-state index in [9.17, 15) is 18.0 Å². The van der Waals surface area contributed by atoms with E-state index >= 15 is 0 Å². The number of sulfonamides is 1. The molecule has 3 rings (SSSR count). The molecule has 10 heteroatoms. The van der Waals surface area contributed by atoms with Crippen LogP contribution in [0.5, 0.6) is 5.75 Å². The summed E-state index contributed by atoms with van der Waals surface area (Å²) in [4.78, 5) is 24.4. The molecule has 31 heavy (non-hydrogen) atoms. The molecule has 0 unspecified atom stereocenters. The second-order valence-corrected chi connectivity index (χ2v) is 9.02. The van der Waals surface area contributed by atoms with Crippen molar-refractivity contribution < 1.29 is 27.2 Å². The summed E-state index contributed by atoms with van der Waals surface area (Å²) >= 11 is 0. The zero-order valence-corrected chi connectivity index (χ0v) is 18.2. The summed E-state index contributed by atoms with van der Waals surface area (Å²) in [5, 5.41) is 0.756. The minimum absolute atomic E-state index is 0.0306. The standard InChI is InChI=1S/C21H23N3O6S/c1-14-4-7-17(8-5-14)31(27,28)24(2)12-21(26)23-22-20(25)10-15-13-30-19-11-16(29-3)6-9-18(15)19/h4-9,11,13H,10,12H2,1-3H3,(H,22,25)(H,23,26). The molecule has 0 saturated heterocycles. The number of carbonyl (C=O) groups is 2. The maximum Gasteiger partial charge on any atom is 0.253 e. The first-order valence-electron chi connectivity index (χ1n) is 9.35. The third-order valence-corrected chi connectivity index (χ3v) is 6.47. The SMILES string of the molecule is COc1ccc2c(CC(=O)NNC(=O)CN(C)S(=O)(=O)c3ccc(C)cc3)coc2c1. The van der Waals surface area contributed by atoms with Crippen molar-refractivity contribution in [2.75, 3.05) is 20.7 Å². The molecule has 0 aliphatic carbocycles. The van der Waals surface area contributed by atoms with E-state index in [0.29, 0.717) is 16.9 Å². The first-order valence-corrected chi connectivity index (χ1v) is 10.8. The lowest BCUT2D eigenvalue weighted by Crippen LogP contribution is -2.47. The summed E-state index contributed by atoms with van der Waals surface area (Å²) in [5.41, 5.74) is 6.66. The zero-order chi connectivity index (χ0) is 22.6. The second kappa shape index (κ2) is 9.19. The Labute approximate surface area is 180 Å². The third kappa shape index (κ3) is 5.22. The van der Waals surface area contributed by atoms with Gasteiger partial charge in [-0.05, 0) is 31.2 Å². The van der Waals surface area contributed by atoms with Gasteiger partial charge in [0, 0.05) is 24.1 Å². The topological polar surface area (TPSA) is 118 Å². The molecule has 9 nitrogen and oxygen atoms in total. The number of hydrazine groups is 1. The summed E-state index contributed by atoms with van der Waals surface area (Å²) in [6, 6.07) is 11.6. The first-order chi connectivity index (χ1) is 14.7. The minimum Gasteiger partial charge on any atom is -0.497 e. The molecule has 0 atom stereocenters. The molecule has 1 aromatic heterocycles. The van der Waals surface area contributed by atoms with E-state index in [2.05, 4.69) is 10.9 Å². The fraction of sp³-hybridized carbons (Fsp3) is 0.238. The van der Waals surface area contributed by atoms with Crippen LogP contribution in [0.25, 0.3) is 11.0 Å². The van der Waals surface area contributed by atoms with Gasteiger partial charge in [-0.1, -0.05) is 17.7 Å². The zero-order valence-electron chi connectivity index (χ0n) is 17.3. The molecule has 3 aromatic rings. The minimum atomic E-state index is -3.82. The molecular formula is C21H23N3O6S. The summed E-state index contributed by atoms with van der Waals surface area (Å²) in [7, 11) is -0.983. The molecule has 0 aliphatic heterocycles. The number of fused-ring (bicyclic) bond motifs is 1. The monoisotopic (exact) mass is 445 g/mol. The van der Waals surface area contributed by atoms with Gasteiger partial charge in [-0.3, -0.25) is 20.4 Å². The van der Waals surface area contributed by atoms with Crippen molar-refractivity contribution in [3.05, 3.63) is 59.9 Å². The van der Waals surface area contributed by atoms with Crippen molar-refractivity contribution in [3.8, 4) is 5.75 Å². The molecule has 0 radical (unpaired) electrons. The maximum absolute atomic E-state index is 12.5. The lowest BCUT2D eigenvalue weighted by molar-refractivity contribution is -0.128. The Morgan fingerprint density at radius 3 is 2.42 bits per heavy atom. The Morgan fingerprint density at radius 2 is 1.74 bits per heavy atom. The molecule has 1 heterocycles. The summed E-state index contributed by atoms with van der Waals surface area (Å²) in [5.74, 6) is -0.515. The van der Waals surface area contributed by atoms with Gasteiger partial charge in [0.25, 0.3) is 5.91 Å². The van der Waals surface area contributed by atoms with Crippen molar-refractivity contribution in [2.45, 2.75) is 18.2 Å². The number of furan rings is 1. The Balaban J connectivity index is 1.54. The number of nitrogens with one attached hydrogen (secondary N) is 2. The van der Waals surface area contributed by atoms with Crippen LogP contribution in [-0.2, 0) is 26.0 Å². The van der Waals surface area contributed by atoms with E-state index in [0.717, 1.165) is 15.3 Å². The van der Waals surface area contributed by atoms with Crippen molar-refractivity contribution in [1.29, 1.82) is 0 Å². The number of rotatable bonds is 7. The van der Waals surface area contributed by atoms with Crippen molar-refractivity contribution in [1.82, 2.24) is 15.2 Å². The van der Waals surface area contributed by atoms with Gasteiger partial charge < -0.3 is 9.15 Å². The highest BCUT2D eigenvalue weighted by Gasteiger charge is 2.23. The number of aryl methyl sites for hydroxylation is 1. The molecule has 0 fully saturated rings. The smallest absolute Gasteiger partial charge is 0.253 e. The highest BCUT2D eigenvalue weighted by Crippen LogP contribution is 2.25. The van der Waals surface area contributed by atoms with Gasteiger partial charge in [0.1, 0.15) is 11.3 Å². The fourth-order valence-corrected chi connectivity index (χ4v) is 4.03. The molecule has 0 saturated carbocycles. The number of hydrogen-bond donors (Lipinski definition) is 2. The van der Waals surface area contributed by atoms with Crippen LogP contribution < -0.4 is 15.6 Å². The Morgan fingerprint density at radius 1 is 1.06 bits per heavy atom. The lowest BCUT2D eigenvalue weighted by atomic mass is 10.1. The quantitative estimate of drug-likeness (QED) is 0.535. The fourth-order valence-electron chi connectivity index (χ4n) is 2.90. The average molecular weight is 445 g/mol. The van der Waals surface area contributed by atoms with Crippen molar-refractivity contribution in [2.24, 2.45) is 0 Å². The Kier molecular flexibility index (Phi) is 6.62. The predicted octanol–water partition coefficient (Wildman–Crippen LogP) is 1.76. The van der Waals surface area contributed by atoms with Crippen LogP contribution in [0.15, 0.2) is 58.0 Å². The highest BCUT2D eigenvalue weighted by molar-refractivity contribution is 7.89. The molecule has 2 N–H and O–H groups in total. The van der Waals surface area contributed by atoms with Gasteiger partial charge in [0.15, 0.2) is 0 Å². The summed E-state index contributed by atoms with van der Waals surface area (Å²) in [6.45, 7) is 1.39. The van der Waals surface area contributed by atoms with Gasteiger partial charge >= 0.3 is 0 Å². The maximum atomic E-state index is 12.5. The first kappa shape index (κ1) is 22.3. The van der Waals surface area contributed by atoms with Gasteiger partial charge in [0.05, 0.1) is 31.2 Å². The van der Waals surface area contributed by atoms with Crippen molar-refractivity contribution >= 4 is 32.8 Å². The number of nitrogens with zero attached hydrogens (tertiary/aromatic N) is 1. The Bertz CT molecular complexity index is 1200. The average Bonchev–Trinajstić information content (AvgIpc) is 3.14. The number of carbonyl (C=O) groups excluding carboxylic acids is 2. The van der Waals surface area contributed by atoms with E-state index in [1.807, 2.05) is 6.92 Å². The molecule has 164 valence electrons. The summed E-state index contributed by atoms with van der Waals surface area (Å²) in [6.07, 6.45) is 1.44. The number of hydrogen-bond acceptors (Lipinski definition) is 6. The second-order valence-electron chi connectivity index (χ2n) is 6.97. The van der Waals surface area contributed by atoms with E-state index in [-0.39, 0.29) is 11.3 Å². The van der Waals surface area contributed by atoms with Crippen LogP contribution in [0.3, 0.4) is 0 Å². The molecule has 0 spiro atoms. The van der Waals surface area contributed by atoms with Gasteiger partial charge in [-0.2, -0.15) is 4.31 Å². The molecule has 2 aromatic carbocycles. The number of amides is 2. The van der Waals surface area contributed by atoms with E-state index in [4.69, 9.17) is 9.15 Å². The molecular weight excluding hydrogens is 422 g/mol. The molecule has 0 bridgehead atoms. The Hall–Kier alpha value is -3.37. The van der Waals surface area contributed by atoms with Crippen LogP contribution in [-0.4, -0.2) is 45.2 Å². The number of methoxy groups -OCH3 is 1. The van der Waals surface area contributed by atoms with E-state index < -0.39 is 28.4 Å².